The number of hydrogen-bond donors (Lipinski definition) is 3. The lowest BCUT2D eigenvalue weighted by molar-refractivity contribution is -0.390. The molecule has 14 heteroatoms. The maximum Gasteiger partial charge on any atom is 0.387 e. The number of benzene rings is 1. The van der Waals surface area contributed by atoms with Gasteiger partial charge >= 0.3 is 5.82 Å². The Hall–Kier alpha value is -4.57. The van der Waals surface area contributed by atoms with Gasteiger partial charge in [-0.15, -0.1) is 0 Å². The Kier molecular flexibility index (Phi) is 8.67. The van der Waals surface area contributed by atoms with Gasteiger partial charge in [-0.05, 0) is 47.0 Å². The Balaban J connectivity index is 1.39. The number of carbonyl (C=O) groups is 1. The van der Waals surface area contributed by atoms with E-state index in [4.69, 9.17) is 23.2 Å². The predicted molar refractivity (Wildman–Crippen MR) is 149 cm³/mol. The van der Waals surface area contributed by atoms with Gasteiger partial charge in [-0.1, -0.05) is 35.2 Å². The summed E-state index contributed by atoms with van der Waals surface area (Å²) in [6.45, 7) is 2.07. The molecular formula is C25H21Cl2N9O3. The minimum atomic E-state index is -0.547. The fourth-order valence-electron chi connectivity index (χ4n) is 3.53. The number of nitrogens with zero attached hydrogens (tertiary/aromatic N) is 6. The fourth-order valence-corrected chi connectivity index (χ4v) is 3.83. The highest BCUT2D eigenvalue weighted by Crippen LogP contribution is 2.29. The van der Waals surface area contributed by atoms with Gasteiger partial charge in [-0.3, -0.25) is 9.36 Å². The Morgan fingerprint density at radius 3 is 2.77 bits per heavy atom. The Morgan fingerprint density at radius 2 is 2.03 bits per heavy atom. The number of nitrogens with one attached hydrogen (secondary N) is 3. The Bertz CT molecular complexity index is 1660. The van der Waals surface area contributed by atoms with Crippen molar-refractivity contribution in [1.29, 1.82) is 0 Å². The van der Waals surface area contributed by atoms with Crippen molar-refractivity contribution in [2.24, 2.45) is 7.05 Å². The van der Waals surface area contributed by atoms with Crippen LogP contribution < -0.4 is 16.0 Å². The molecule has 0 bridgehead atoms. The van der Waals surface area contributed by atoms with Gasteiger partial charge in [0.05, 0.1) is 21.8 Å². The largest absolute Gasteiger partial charge is 0.387 e. The van der Waals surface area contributed by atoms with Crippen LogP contribution in [0.15, 0.2) is 48.9 Å². The molecule has 4 rings (SSSR count). The number of carbonyl (C=O) groups excluding carboxylic acids is 1. The van der Waals surface area contributed by atoms with E-state index in [1.165, 1.54) is 18.6 Å². The Labute approximate surface area is 232 Å². The highest BCUT2D eigenvalue weighted by Gasteiger charge is 2.24. The van der Waals surface area contributed by atoms with Crippen LogP contribution in [-0.2, 0) is 18.4 Å². The molecule has 0 saturated heterocycles. The van der Waals surface area contributed by atoms with Crippen LogP contribution in [0.1, 0.15) is 18.4 Å². The zero-order valence-electron chi connectivity index (χ0n) is 20.7. The summed E-state index contributed by atoms with van der Waals surface area (Å²) in [4.78, 5) is 39.9. The number of nitro groups is 1. The monoisotopic (exact) mass is 565 g/mol. The van der Waals surface area contributed by atoms with Crippen molar-refractivity contribution in [1.82, 2.24) is 29.8 Å². The van der Waals surface area contributed by atoms with E-state index in [0.717, 1.165) is 0 Å². The van der Waals surface area contributed by atoms with E-state index in [2.05, 4.69) is 47.7 Å². The topological polar surface area (TPSA) is 153 Å². The van der Waals surface area contributed by atoms with Gasteiger partial charge in [0.25, 0.3) is 5.82 Å². The smallest absolute Gasteiger partial charge is 0.358 e. The third-order valence-electron chi connectivity index (χ3n) is 5.38. The third-order valence-corrected chi connectivity index (χ3v) is 6.12. The first-order valence-corrected chi connectivity index (χ1v) is 12.2. The SMILES string of the molecule is CC#Cc1nc([N+](=O)[O-])c(CNC/C=C/C(=O)Nc2cc3c(Nc4ccc(Cl)c(Cl)c4)ncnc3cn2)n1C. The van der Waals surface area contributed by atoms with Crippen LogP contribution in [0.2, 0.25) is 10.0 Å². The standard InChI is InChI=1S/C25H21Cl2N9O3/c1-3-5-22-34-25(36(38)39)20(35(22)2)13-28-9-4-6-23(37)33-21-11-16-19(12-29-21)30-14-31-24(16)32-15-7-8-17(26)18(27)10-15/h4,6-8,10-12,14,28H,9,13H2,1-2H3,(H,29,33,37)(H,30,31,32)/b6-4+. The summed E-state index contributed by atoms with van der Waals surface area (Å²) < 4.78 is 1.57. The first-order valence-electron chi connectivity index (χ1n) is 11.4. The predicted octanol–water partition coefficient (Wildman–Crippen LogP) is 4.37. The number of rotatable bonds is 9. The van der Waals surface area contributed by atoms with Gasteiger partial charge in [-0.2, -0.15) is 0 Å². The normalized spacial score (nSPS) is 10.9. The first kappa shape index (κ1) is 27.5. The van der Waals surface area contributed by atoms with Crippen LogP contribution in [0.25, 0.3) is 10.9 Å². The van der Waals surface area contributed by atoms with Crippen molar-refractivity contribution in [2.45, 2.75) is 13.5 Å². The Morgan fingerprint density at radius 1 is 1.21 bits per heavy atom. The molecule has 0 fully saturated rings. The highest BCUT2D eigenvalue weighted by atomic mass is 35.5. The van der Waals surface area contributed by atoms with Gasteiger partial charge in [0, 0.05) is 37.3 Å². The molecule has 198 valence electrons. The molecule has 0 saturated carbocycles. The zero-order chi connectivity index (χ0) is 27.9. The van der Waals surface area contributed by atoms with Crippen molar-refractivity contribution < 1.29 is 9.72 Å². The molecule has 0 atom stereocenters. The first-order chi connectivity index (χ1) is 18.8. The number of halogens is 2. The molecule has 0 spiro atoms. The van der Waals surface area contributed by atoms with Crippen LogP contribution in [-0.4, -0.2) is 41.9 Å². The number of amides is 1. The van der Waals surface area contributed by atoms with Gasteiger partial charge in [0.1, 0.15) is 23.7 Å². The minimum Gasteiger partial charge on any atom is -0.358 e. The summed E-state index contributed by atoms with van der Waals surface area (Å²) >= 11 is 12.1. The molecule has 0 aliphatic carbocycles. The molecule has 0 aliphatic rings. The minimum absolute atomic E-state index is 0.165. The van der Waals surface area contributed by atoms with Gasteiger partial charge < -0.3 is 26.1 Å². The molecule has 12 nitrogen and oxygen atoms in total. The maximum atomic E-state index is 12.4. The van der Waals surface area contributed by atoms with Crippen molar-refractivity contribution in [3.05, 3.63) is 80.6 Å². The van der Waals surface area contributed by atoms with E-state index < -0.39 is 10.8 Å². The number of anilines is 3. The molecule has 0 aliphatic heterocycles. The van der Waals surface area contributed by atoms with Gasteiger partial charge in [-0.25, -0.2) is 15.0 Å². The molecule has 4 aromatic rings. The summed E-state index contributed by atoms with van der Waals surface area (Å²) in [7, 11) is 1.66. The molecule has 1 aromatic carbocycles. The maximum absolute atomic E-state index is 12.4. The molecule has 3 heterocycles. The summed E-state index contributed by atoms with van der Waals surface area (Å²) in [5.74, 6) is 5.85. The van der Waals surface area contributed by atoms with E-state index in [9.17, 15) is 14.9 Å². The zero-order valence-corrected chi connectivity index (χ0v) is 22.2. The molecular weight excluding hydrogens is 545 g/mol. The van der Waals surface area contributed by atoms with Gasteiger partial charge in [0.2, 0.25) is 5.91 Å². The van der Waals surface area contributed by atoms with E-state index >= 15 is 0 Å². The molecule has 0 unspecified atom stereocenters. The second-order valence-electron chi connectivity index (χ2n) is 7.98. The summed E-state index contributed by atoms with van der Waals surface area (Å²) in [5, 5.41) is 21.7. The number of imidazole rings is 1. The van der Waals surface area contributed by atoms with Crippen LogP contribution >= 0.6 is 23.2 Å². The van der Waals surface area contributed by atoms with E-state index in [1.807, 2.05) is 0 Å². The van der Waals surface area contributed by atoms with Crippen molar-refractivity contribution in [3.63, 3.8) is 0 Å². The van der Waals surface area contributed by atoms with Crippen molar-refractivity contribution in [3.8, 4) is 11.8 Å². The molecule has 3 N–H and O–H groups in total. The second kappa shape index (κ2) is 12.3. The highest BCUT2D eigenvalue weighted by molar-refractivity contribution is 6.42. The number of aromatic nitrogens is 5. The van der Waals surface area contributed by atoms with Crippen LogP contribution in [0.4, 0.5) is 23.1 Å². The van der Waals surface area contributed by atoms with Crippen LogP contribution in [0.3, 0.4) is 0 Å². The summed E-state index contributed by atoms with van der Waals surface area (Å²) in [6.07, 6.45) is 5.85. The lowest BCUT2D eigenvalue weighted by Gasteiger charge is -2.10. The summed E-state index contributed by atoms with van der Waals surface area (Å²) in [5.41, 5.74) is 1.62. The quantitative estimate of drug-likeness (QED) is 0.0881. The van der Waals surface area contributed by atoms with Gasteiger partial charge in [0.15, 0.2) is 0 Å². The average molecular weight is 566 g/mol. The summed E-state index contributed by atoms with van der Waals surface area (Å²) in [6, 6.07) is 6.75. The van der Waals surface area contributed by atoms with E-state index in [1.54, 1.807) is 48.9 Å². The number of hydrogen-bond acceptors (Lipinski definition) is 9. The number of pyridine rings is 1. The van der Waals surface area contributed by atoms with E-state index in [-0.39, 0.29) is 18.9 Å². The lowest BCUT2D eigenvalue weighted by Crippen LogP contribution is -2.17. The van der Waals surface area contributed by atoms with E-state index in [0.29, 0.717) is 49.8 Å². The van der Waals surface area contributed by atoms with Crippen LogP contribution in [0, 0.1) is 22.0 Å². The van der Waals surface area contributed by atoms with Crippen LogP contribution in [0.5, 0.6) is 0 Å². The van der Waals surface area contributed by atoms with Crippen molar-refractivity contribution >= 4 is 63.2 Å². The van der Waals surface area contributed by atoms with Crippen molar-refractivity contribution in [2.75, 3.05) is 17.2 Å². The molecule has 39 heavy (non-hydrogen) atoms. The molecule has 1 amide bonds. The lowest BCUT2D eigenvalue weighted by atomic mass is 10.2. The second-order valence-corrected chi connectivity index (χ2v) is 8.80. The third kappa shape index (κ3) is 6.66. The molecule has 3 aromatic heterocycles. The average Bonchev–Trinajstić information content (AvgIpc) is 3.22. The number of fused-ring (bicyclic) bond motifs is 1. The fraction of sp³-hybridized carbons (Fsp3) is 0.160. The molecule has 0 radical (unpaired) electrons.